The van der Waals surface area contributed by atoms with Gasteiger partial charge >= 0.3 is 0 Å². The molecule has 0 spiro atoms. The van der Waals surface area contributed by atoms with Crippen LogP contribution in [0.4, 0.5) is 0 Å². The maximum Gasteiger partial charge on any atom is -0.00461 e. The molecule has 1 aliphatic carbocycles. The third kappa shape index (κ3) is 3.15. The standard InChI is InChI=1S/C12H23N/c1-3-10(2)8-11-6-4-5-7-12(11)9-13/h11-12H,2-9,13H2,1H3. The lowest BCUT2D eigenvalue weighted by molar-refractivity contribution is 0.241. The first kappa shape index (κ1) is 10.8. The summed E-state index contributed by atoms with van der Waals surface area (Å²) in [6.45, 7) is 7.17. The molecule has 76 valence electrons. The molecular weight excluding hydrogens is 158 g/mol. The molecule has 0 aromatic heterocycles. The van der Waals surface area contributed by atoms with Crippen LogP contribution in [0.15, 0.2) is 12.2 Å². The van der Waals surface area contributed by atoms with Gasteiger partial charge < -0.3 is 5.73 Å². The van der Waals surface area contributed by atoms with E-state index in [0.29, 0.717) is 0 Å². The molecule has 0 saturated heterocycles. The molecule has 1 nitrogen and oxygen atoms in total. The molecule has 0 amide bonds. The lowest BCUT2D eigenvalue weighted by Gasteiger charge is -2.31. The minimum Gasteiger partial charge on any atom is -0.330 e. The van der Waals surface area contributed by atoms with E-state index in [0.717, 1.165) is 24.8 Å². The molecule has 0 bridgehead atoms. The Balaban J connectivity index is 2.40. The van der Waals surface area contributed by atoms with Crippen molar-refractivity contribution >= 4 is 0 Å². The fourth-order valence-electron chi connectivity index (χ4n) is 2.38. The van der Waals surface area contributed by atoms with Gasteiger partial charge in [-0.25, -0.2) is 0 Å². The van der Waals surface area contributed by atoms with Crippen molar-refractivity contribution in [2.45, 2.75) is 45.4 Å². The first-order chi connectivity index (χ1) is 6.27. The van der Waals surface area contributed by atoms with E-state index in [4.69, 9.17) is 5.73 Å². The van der Waals surface area contributed by atoms with Crippen LogP contribution in [0.3, 0.4) is 0 Å². The van der Waals surface area contributed by atoms with E-state index in [1.807, 2.05) is 0 Å². The second-order valence-electron chi connectivity index (χ2n) is 4.35. The van der Waals surface area contributed by atoms with E-state index in [2.05, 4.69) is 13.5 Å². The van der Waals surface area contributed by atoms with E-state index >= 15 is 0 Å². The summed E-state index contributed by atoms with van der Waals surface area (Å²) in [5, 5.41) is 0. The van der Waals surface area contributed by atoms with Crippen LogP contribution in [0.25, 0.3) is 0 Å². The Kier molecular flexibility index (Phi) is 4.51. The lowest BCUT2D eigenvalue weighted by Crippen LogP contribution is -2.26. The second kappa shape index (κ2) is 5.43. The number of rotatable bonds is 4. The Bertz CT molecular complexity index is 163. The van der Waals surface area contributed by atoms with Crippen LogP contribution in [0.1, 0.15) is 45.4 Å². The molecule has 13 heavy (non-hydrogen) atoms. The van der Waals surface area contributed by atoms with Crippen molar-refractivity contribution in [2.24, 2.45) is 17.6 Å². The summed E-state index contributed by atoms with van der Waals surface area (Å²) in [4.78, 5) is 0. The summed E-state index contributed by atoms with van der Waals surface area (Å²) in [6, 6.07) is 0. The fourth-order valence-corrected chi connectivity index (χ4v) is 2.38. The average molecular weight is 181 g/mol. The first-order valence-corrected chi connectivity index (χ1v) is 5.64. The Morgan fingerprint density at radius 1 is 1.31 bits per heavy atom. The van der Waals surface area contributed by atoms with Crippen molar-refractivity contribution in [1.82, 2.24) is 0 Å². The van der Waals surface area contributed by atoms with Crippen LogP contribution in [0.5, 0.6) is 0 Å². The Morgan fingerprint density at radius 2 is 1.92 bits per heavy atom. The van der Waals surface area contributed by atoms with Crippen molar-refractivity contribution in [1.29, 1.82) is 0 Å². The predicted octanol–water partition coefficient (Wildman–Crippen LogP) is 3.11. The van der Waals surface area contributed by atoms with Gasteiger partial charge in [-0.15, -0.1) is 0 Å². The number of nitrogens with two attached hydrogens (primary N) is 1. The highest BCUT2D eigenvalue weighted by Crippen LogP contribution is 2.33. The molecule has 2 atom stereocenters. The minimum absolute atomic E-state index is 0.775. The van der Waals surface area contributed by atoms with Gasteiger partial charge in [-0.2, -0.15) is 0 Å². The van der Waals surface area contributed by atoms with Gasteiger partial charge in [0, 0.05) is 0 Å². The highest BCUT2D eigenvalue weighted by molar-refractivity contribution is 4.96. The zero-order chi connectivity index (χ0) is 9.68. The molecule has 0 radical (unpaired) electrons. The Hall–Kier alpha value is -0.300. The lowest BCUT2D eigenvalue weighted by atomic mass is 9.76. The average Bonchev–Trinajstić information content (AvgIpc) is 2.18. The Morgan fingerprint density at radius 3 is 2.46 bits per heavy atom. The molecule has 1 aliphatic rings. The van der Waals surface area contributed by atoms with Gasteiger partial charge in [0.2, 0.25) is 0 Å². The van der Waals surface area contributed by atoms with Crippen molar-refractivity contribution in [2.75, 3.05) is 6.54 Å². The van der Waals surface area contributed by atoms with Crippen LogP contribution >= 0.6 is 0 Å². The van der Waals surface area contributed by atoms with Crippen LogP contribution in [-0.2, 0) is 0 Å². The van der Waals surface area contributed by atoms with Crippen LogP contribution in [0.2, 0.25) is 0 Å². The highest BCUT2D eigenvalue weighted by atomic mass is 14.6. The van der Waals surface area contributed by atoms with Gasteiger partial charge in [0.05, 0.1) is 0 Å². The highest BCUT2D eigenvalue weighted by Gasteiger charge is 2.23. The molecule has 1 fully saturated rings. The second-order valence-corrected chi connectivity index (χ2v) is 4.35. The quantitative estimate of drug-likeness (QED) is 0.663. The van der Waals surface area contributed by atoms with Crippen molar-refractivity contribution in [3.63, 3.8) is 0 Å². The number of hydrogen-bond donors (Lipinski definition) is 1. The largest absolute Gasteiger partial charge is 0.330 e. The van der Waals surface area contributed by atoms with Gasteiger partial charge in [-0.1, -0.05) is 31.9 Å². The van der Waals surface area contributed by atoms with Gasteiger partial charge in [0.15, 0.2) is 0 Å². The van der Waals surface area contributed by atoms with Gasteiger partial charge in [0.25, 0.3) is 0 Å². The summed E-state index contributed by atoms with van der Waals surface area (Å²) in [5.74, 6) is 1.61. The first-order valence-electron chi connectivity index (χ1n) is 5.64. The SMILES string of the molecule is C=C(CC)CC1CCCCC1CN. The van der Waals surface area contributed by atoms with E-state index < -0.39 is 0 Å². The topological polar surface area (TPSA) is 26.0 Å². The molecule has 1 rings (SSSR count). The monoisotopic (exact) mass is 181 g/mol. The fraction of sp³-hybridized carbons (Fsp3) is 0.833. The van der Waals surface area contributed by atoms with Crippen molar-refractivity contribution in [3.05, 3.63) is 12.2 Å². The summed E-state index contributed by atoms with van der Waals surface area (Å²) >= 11 is 0. The van der Waals surface area contributed by atoms with E-state index in [9.17, 15) is 0 Å². The molecule has 0 heterocycles. The van der Waals surface area contributed by atoms with E-state index in [1.54, 1.807) is 0 Å². The summed E-state index contributed by atoms with van der Waals surface area (Å²) in [7, 11) is 0. The molecule has 0 aromatic rings. The molecule has 1 saturated carbocycles. The maximum atomic E-state index is 5.78. The number of allylic oxidation sites excluding steroid dienone is 1. The number of hydrogen-bond acceptors (Lipinski definition) is 1. The molecule has 0 aromatic carbocycles. The van der Waals surface area contributed by atoms with Crippen LogP contribution in [0, 0.1) is 11.8 Å². The molecule has 0 aliphatic heterocycles. The minimum atomic E-state index is 0.775. The van der Waals surface area contributed by atoms with Gasteiger partial charge in [-0.05, 0) is 44.1 Å². The summed E-state index contributed by atoms with van der Waals surface area (Å²) in [5.41, 5.74) is 7.19. The van der Waals surface area contributed by atoms with E-state index in [-0.39, 0.29) is 0 Å². The summed E-state index contributed by atoms with van der Waals surface area (Å²) < 4.78 is 0. The predicted molar refractivity (Wildman–Crippen MR) is 58.6 cm³/mol. The third-order valence-corrected chi connectivity index (χ3v) is 3.42. The zero-order valence-electron chi connectivity index (χ0n) is 8.89. The maximum absolute atomic E-state index is 5.78. The van der Waals surface area contributed by atoms with Crippen LogP contribution < -0.4 is 5.73 Å². The molecule has 1 heteroatoms. The third-order valence-electron chi connectivity index (χ3n) is 3.42. The molecule has 2 unspecified atom stereocenters. The normalized spacial score (nSPS) is 28.8. The summed E-state index contributed by atoms with van der Waals surface area (Å²) in [6.07, 6.45) is 7.86. The van der Waals surface area contributed by atoms with E-state index in [1.165, 1.54) is 37.7 Å². The molecular formula is C12H23N. The zero-order valence-corrected chi connectivity index (χ0v) is 8.89. The van der Waals surface area contributed by atoms with Crippen LogP contribution in [-0.4, -0.2) is 6.54 Å². The molecule has 2 N–H and O–H groups in total. The Labute approximate surface area is 82.4 Å². The van der Waals surface area contributed by atoms with Crippen molar-refractivity contribution < 1.29 is 0 Å². The van der Waals surface area contributed by atoms with Gasteiger partial charge in [0.1, 0.15) is 0 Å². The van der Waals surface area contributed by atoms with Crippen molar-refractivity contribution in [3.8, 4) is 0 Å². The smallest absolute Gasteiger partial charge is 0.00461 e. The van der Waals surface area contributed by atoms with Gasteiger partial charge in [-0.3, -0.25) is 0 Å².